The van der Waals surface area contributed by atoms with Gasteiger partial charge in [-0.05, 0) is 49.4 Å². The second-order valence-corrected chi connectivity index (χ2v) is 11.1. The van der Waals surface area contributed by atoms with E-state index in [0.29, 0.717) is 32.5 Å². The maximum absolute atomic E-state index is 13.5. The Labute approximate surface area is 202 Å². The minimum absolute atomic E-state index is 0.00716. The number of urea groups is 1. The van der Waals surface area contributed by atoms with Crippen LogP contribution in [0.5, 0.6) is 0 Å². The van der Waals surface area contributed by atoms with Gasteiger partial charge in [0.05, 0.1) is 12.1 Å². The number of nitrogens with zero attached hydrogens (tertiary/aromatic N) is 2. The summed E-state index contributed by atoms with van der Waals surface area (Å²) in [6, 6.07) is -0.903. The Morgan fingerprint density at radius 1 is 0.818 bits per heavy atom. The van der Waals surface area contributed by atoms with Gasteiger partial charge in [-0.3, -0.25) is 9.59 Å². The molecule has 0 aromatic carbocycles. The maximum Gasteiger partial charge on any atom is 0.318 e. The largest absolute Gasteiger partial charge is 0.338 e. The number of hydrogen-bond acceptors (Lipinski definition) is 3. The number of rotatable bonds is 12. The summed E-state index contributed by atoms with van der Waals surface area (Å²) in [6.07, 6.45) is 9.80. The number of likely N-dealkylation sites (tertiary alicyclic amines) is 2. The highest BCUT2D eigenvalue weighted by molar-refractivity contribution is 5.95. The molecule has 0 aromatic heterocycles. The molecule has 0 aromatic rings. The van der Waals surface area contributed by atoms with Gasteiger partial charge in [0.2, 0.25) is 5.91 Å². The van der Waals surface area contributed by atoms with E-state index in [-0.39, 0.29) is 34.6 Å². The van der Waals surface area contributed by atoms with E-state index in [9.17, 15) is 14.4 Å². The lowest BCUT2D eigenvalue weighted by molar-refractivity contribution is -0.140. The summed E-state index contributed by atoms with van der Waals surface area (Å²) in [5.74, 6) is 0.171. The van der Waals surface area contributed by atoms with Gasteiger partial charge in [-0.2, -0.15) is 0 Å². The molecular formula is C27H49N3O3. The second kappa shape index (κ2) is 12.2. The van der Waals surface area contributed by atoms with Gasteiger partial charge in [-0.1, -0.05) is 67.2 Å². The molecule has 33 heavy (non-hydrogen) atoms. The molecule has 2 aliphatic rings. The van der Waals surface area contributed by atoms with Crippen LogP contribution in [0, 0.1) is 10.8 Å². The molecule has 3 amide bonds. The molecule has 190 valence electrons. The summed E-state index contributed by atoms with van der Waals surface area (Å²) >= 11 is 0. The Hall–Kier alpha value is -1.59. The van der Waals surface area contributed by atoms with Crippen molar-refractivity contribution < 1.29 is 14.4 Å². The topological polar surface area (TPSA) is 69.7 Å². The SMILES string of the molecule is CCCC(C)(CC)CC(=O)N1CCCC1C(=O)C1CCCN1C(=O)NCCC(C)(CC)CC. The lowest BCUT2D eigenvalue weighted by Crippen LogP contribution is -2.52. The average molecular weight is 464 g/mol. The van der Waals surface area contributed by atoms with Crippen molar-refractivity contribution in [2.45, 2.75) is 124 Å². The van der Waals surface area contributed by atoms with Gasteiger partial charge < -0.3 is 15.1 Å². The number of carbonyl (C=O) groups is 3. The first-order valence-electron chi connectivity index (χ1n) is 13.5. The van der Waals surface area contributed by atoms with Crippen LogP contribution in [-0.2, 0) is 9.59 Å². The molecule has 6 heteroatoms. The van der Waals surface area contributed by atoms with Crippen molar-refractivity contribution in [2.24, 2.45) is 10.8 Å². The fourth-order valence-electron chi connectivity index (χ4n) is 5.53. The summed E-state index contributed by atoms with van der Waals surface area (Å²) in [5, 5.41) is 3.07. The van der Waals surface area contributed by atoms with Crippen LogP contribution in [0.4, 0.5) is 4.79 Å². The zero-order valence-corrected chi connectivity index (χ0v) is 22.2. The number of Topliss-reactive ketones (excluding diaryl/α,β-unsaturated/α-hetero) is 1. The van der Waals surface area contributed by atoms with Gasteiger partial charge in [-0.25, -0.2) is 4.79 Å². The number of ketones is 1. The highest BCUT2D eigenvalue weighted by atomic mass is 16.2. The zero-order valence-electron chi connectivity index (χ0n) is 22.2. The van der Waals surface area contributed by atoms with Crippen LogP contribution in [0.2, 0.25) is 0 Å². The molecule has 1 N–H and O–H groups in total. The van der Waals surface area contributed by atoms with E-state index in [1.807, 2.05) is 4.90 Å². The van der Waals surface area contributed by atoms with Crippen molar-refractivity contribution in [1.29, 1.82) is 0 Å². The summed E-state index contributed by atoms with van der Waals surface area (Å²) in [7, 11) is 0. The molecule has 2 saturated heterocycles. The maximum atomic E-state index is 13.5. The second-order valence-electron chi connectivity index (χ2n) is 11.1. The summed E-state index contributed by atoms with van der Waals surface area (Å²) in [5.41, 5.74) is 0.232. The van der Waals surface area contributed by atoms with Crippen molar-refractivity contribution >= 4 is 17.7 Å². The lowest BCUT2D eigenvalue weighted by Gasteiger charge is -2.33. The third-order valence-corrected chi connectivity index (χ3v) is 8.74. The average Bonchev–Trinajstić information content (AvgIpc) is 3.48. The third kappa shape index (κ3) is 6.95. The van der Waals surface area contributed by atoms with Gasteiger partial charge in [-0.15, -0.1) is 0 Å². The number of carbonyl (C=O) groups excluding carboxylic acids is 3. The fourth-order valence-corrected chi connectivity index (χ4v) is 5.53. The first-order chi connectivity index (χ1) is 15.6. The number of nitrogens with one attached hydrogen (secondary N) is 1. The van der Waals surface area contributed by atoms with E-state index in [1.165, 1.54) is 0 Å². The fraction of sp³-hybridized carbons (Fsp3) is 0.889. The monoisotopic (exact) mass is 463 g/mol. The van der Waals surface area contributed by atoms with Gasteiger partial charge in [0.25, 0.3) is 0 Å². The molecule has 2 fully saturated rings. The molecule has 0 aliphatic carbocycles. The molecule has 0 saturated carbocycles. The normalized spacial score (nSPS) is 23.0. The Bertz CT molecular complexity index is 676. The van der Waals surface area contributed by atoms with Crippen LogP contribution in [0.25, 0.3) is 0 Å². The highest BCUT2D eigenvalue weighted by Gasteiger charge is 2.43. The Morgan fingerprint density at radius 3 is 1.91 bits per heavy atom. The first kappa shape index (κ1) is 27.7. The van der Waals surface area contributed by atoms with Crippen LogP contribution >= 0.6 is 0 Å². The van der Waals surface area contributed by atoms with Crippen molar-refractivity contribution in [2.75, 3.05) is 19.6 Å². The standard InChI is InChI=1S/C27H49N3O3/c1-7-15-27(6,10-4)20-23(31)29-18-11-13-21(29)24(32)22-14-12-19-30(22)25(33)28-17-16-26(5,8-2)9-3/h21-22H,7-20H2,1-6H3,(H,28,33). The van der Waals surface area contributed by atoms with Crippen molar-refractivity contribution in [1.82, 2.24) is 15.1 Å². The van der Waals surface area contributed by atoms with Crippen molar-refractivity contribution in [3.05, 3.63) is 0 Å². The summed E-state index contributed by atoms with van der Waals surface area (Å²) in [4.78, 5) is 43.3. The van der Waals surface area contributed by atoms with Crippen molar-refractivity contribution in [3.63, 3.8) is 0 Å². The predicted octanol–water partition coefficient (Wildman–Crippen LogP) is 5.54. The van der Waals surface area contributed by atoms with Gasteiger partial charge in [0.1, 0.15) is 0 Å². The van der Waals surface area contributed by atoms with Crippen LogP contribution < -0.4 is 5.32 Å². The summed E-state index contributed by atoms with van der Waals surface area (Å²) < 4.78 is 0. The van der Waals surface area contributed by atoms with Crippen LogP contribution in [0.15, 0.2) is 0 Å². The zero-order chi connectivity index (χ0) is 24.6. The molecule has 3 unspecified atom stereocenters. The van der Waals surface area contributed by atoms with E-state index < -0.39 is 6.04 Å². The Morgan fingerprint density at radius 2 is 1.36 bits per heavy atom. The Kier molecular flexibility index (Phi) is 10.2. The third-order valence-electron chi connectivity index (χ3n) is 8.74. The van der Waals surface area contributed by atoms with Gasteiger partial charge in [0.15, 0.2) is 5.78 Å². The van der Waals surface area contributed by atoms with Gasteiger partial charge in [0, 0.05) is 26.1 Å². The van der Waals surface area contributed by atoms with E-state index in [1.54, 1.807) is 4.90 Å². The van der Waals surface area contributed by atoms with E-state index in [0.717, 1.165) is 57.8 Å². The summed E-state index contributed by atoms with van der Waals surface area (Å²) in [6.45, 7) is 15.1. The molecule has 6 nitrogen and oxygen atoms in total. The lowest BCUT2D eigenvalue weighted by atomic mass is 9.79. The highest BCUT2D eigenvalue weighted by Crippen LogP contribution is 2.34. The molecule has 0 radical (unpaired) electrons. The number of amides is 3. The van der Waals surface area contributed by atoms with Crippen LogP contribution in [0.3, 0.4) is 0 Å². The Balaban J connectivity index is 2.00. The van der Waals surface area contributed by atoms with Gasteiger partial charge >= 0.3 is 6.03 Å². The smallest absolute Gasteiger partial charge is 0.318 e. The molecule has 2 heterocycles. The molecule has 0 bridgehead atoms. The molecule has 2 aliphatic heterocycles. The first-order valence-corrected chi connectivity index (χ1v) is 13.5. The number of hydrogen-bond donors (Lipinski definition) is 1. The molecule has 2 rings (SSSR count). The minimum atomic E-state index is -0.402. The minimum Gasteiger partial charge on any atom is -0.338 e. The van der Waals surface area contributed by atoms with Crippen LogP contribution in [0.1, 0.15) is 112 Å². The quantitative estimate of drug-likeness (QED) is 0.413. The van der Waals surface area contributed by atoms with E-state index in [4.69, 9.17) is 0 Å². The van der Waals surface area contributed by atoms with Crippen molar-refractivity contribution in [3.8, 4) is 0 Å². The predicted molar refractivity (Wildman–Crippen MR) is 134 cm³/mol. The molecule has 0 spiro atoms. The molecule has 3 atom stereocenters. The molecular weight excluding hydrogens is 414 g/mol. The van der Waals surface area contributed by atoms with E-state index >= 15 is 0 Å². The van der Waals surface area contributed by atoms with E-state index in [2.05, 4.69) is 46.9 Å². The van der Waals surface area contributed by atoms with Crippen LogP contribution in [-0.4, -0.2) is 59.2 Å².